The third-order valence-corrected chi connectivity index (χ3v) is 12.9. The highest BCUT2D eigenvalue weighted by atomic mass is 19.1. The molecule has 5 aliphatic rings. The maximum Gasteiger partial charge on any atom is 0.147 e. The van der Waals surface area contributed by atoms with Crippen LogP contribution in [0.2, 0.25) is 0 Å². The minimum Gasteiger partial charge on any atom is -0.488 e. The number of piperazine rings is 1. The van der Waals surface area contributed by atoms with E-state index in [-0.39, 0.29) is 17.6 Å². The van der Waals surface area contributed by atoms with Gasteiger partial charge in [-0.05, 0) is 119 Å². The first kappa shape index (κ1) is 39.8. The van der Waals surface area contributed by atoms with Crippen molar-refractivity contribution in [1.82, 2.24) is 15.1 Å². The van der Waals surface area contributed by atoms with Crippen molar-refractivity contribution in [2.45, 2.75) is 121 Å². The molecular formula is C46H64FN5O3. The SMILES string of the molecule is C=C=C(CCCOCCC=C)OC[C@H]1CC[C@@]2(COC(C)/N=C(\C3=C(C)CN(c4cccc5ccc(F)c(CC)c45)CC3)N3CC4CCC(C3)N4)CCCN12. The molecule has 0 aromatic heterocycles. The van der Waals surface area contributed by atoms with Gasteiger partial charge in [0, 0.05) is 80.6 Å². The predicted molar refractivity (Wildman–Crippen MR) is 222 cm³/mol. The highest BCUT2D eigenvalue weighted by molar-refractivity contribution is 6.01. The molecule has 0 spiro atoms. The van der Waals surface area contributed by atoms with Crippen LogP contribution in [0.5, 0.6) is 0 Å². The molecule has 2 aromatic rings. The van der Waals surface area contributed by atoms with Crippen LogP contribution in [0.25, 0.3) is 10.8 Å². The number of anilines is 1. The standard InChI is InChI=1S/C46H64FN5O3/c1-6-9-26-53-27-11-14-39(7-2)54-31-38-20-23-46(22-12-24-52(38)46)32-55-34(5)48-45(51-29-36-17-18-37(30-51)49-36)41-21-25-50(28-33(41)4)43-15-10-13-35-16-19-42(47)40(8-3)44(35)43/h6,10,13,15-16,19,34,36-38,49H,1-2,8-9,11-12,14,17-18,20-32H2,3-5H3/b48-45+/t34?,36?,37?,38-,46-/m1/s1. The molecule has 0 aliphatic carbocycles. The summed E-state index contributed by atoms with van der Waals surface area (Å²) in [6.45, 7) is 21.6. The van der Waals surface area contributed by atoms with Gasteiger partial charge in [-0.1, -0.05) is 43.5 Å². The zero-order valence-electron chi connectivity index (χ0n) is 33.7. The predicted octanol–water partition coefficient (Wildman–Crippen LogP) is 8.32. The van der Waals surface area contributed by atoms with Crippen LogP contribution in [0.1, 0.15) is 90.5 Å². The summed E-state index contributed by atoms with van der Waals surface area (Å²) in [7, 11) is 0. The molecule has 2 bridgehead atoms. The molecule has 0 amide bonds. The van der Waals surface area contributed by atoms with Crippen LogP contribution in [0.15, 0.2) is 77.2 Å². The number of ether oxygens (including phenoxy) is 3. The molecule has 5 aliphatic heterocycles. The Morgan fingerprint density at radius 1 is 1.13 bits per heavy atom. The van der Waals surface area contributed by atoms with E-state index in [9.17, 15) is 0 Å². The molecule has 0 saturated carbocycles. The Hall–Kier alpha value is -3.46. The van der Waals surface area contributed by atoms with E-state index in [0.717, 1.165) is 111 Å². The lowest BCUT2D eigenvalue weighted by molar-refractivity contribution is -0.0157. The van der Waals surface area contributed by atoms with E-state index >= 15 is 4.39 Å². The van der Waals surface area contributed by atoms with Crippen LogP contribution in [0.4, 0.5) is 10.1 Å². The van der Waals surface area contributed by atoms with Crippen LogP contribution in [-0.4, -0.2) is 105 Å². The summed E-state index contributed by atoms with van der Waals surface area (Å²) in [4.78, 5) is 13.1. The lowest BCUT2D eigenvalue weighted by Crippen LogP contribution is -2.54. The number of amidine groups is 1. The highest BCUT2D eigenvalue weighted by Crippen LogP contribution is 2.43. The molecule has 5 heterocycles. The van der Waals surface area contributed by atoms with Gasteiger partial charge < -0.3 is 29.3 Å². The normalized spacial score (nSPS) is 26.1. The van der Waals surface area contributed by atoms with Gasteiger partial charge in [-0.15, -0.1) is 6.58 Å². The Labute approximate surface area is 329 Å². The van der Waals surface area contributed by atoms with Crippen LogP contribution in [0, 0.1) is 5.82 Å². The van der Waals surface area contributed by atoms with Gasteiger partial charge in [0.1, 0.15) is 30.2 Å². The van der Waals surface area contributed by atoms with Crippen LogP contribution < -0.4 is 10.2 Å². The molecule has 3 unspecified atom stereocenters. The first-order valence-corrected chi connectivity index (χ1v) is 21.1. The third-order valence-electron chi connectivity index (χ3n) is 12.9. The number of fused-ring (bicyclic) bond motifs is 4. The van der Waals surface area contributed by atoms with Crippen molar-refractivity contribution in [2.24, 2.45) is 4.99 Å². The number of allylic oxidation sites excluding steroid dienone is 1. The maximum absolute atomic E-state index is 15.0. The van der Waals surface area contributed by atoms with E-state index in [1.54, 1.807) is 6.07 Å². The zero-order chi connectivity index (χ0) is 38.4. The molecule has 4 saturated heterocycles. The number of halogens is 1. The number of hydrogen-bond acceptors (Lipinski definition) is 7. The first-order valence-electron chi connectivity index (χ1n) is 21.1. The second-order valence-electron chi connectivity index (χ2n) is 16.5. The van der Waals surface area contributed by atoms with Crippen molar-refractivity contribution >= 4 is 22.3 Å². The molecule has 5 atom stereocenters. The van der Waals surface area contributed by atoms with Crippen molar-refractivity contribution < 1.29 is 18.6 Å². The van der Waals surface area contributed by atoms with E-state index in [1.165, 1.54) is 30.4 Å². The zero-order valence-corrected chi connectivity index (χ0v) is 33.7. The van der Waals surface area contributed by atoms with Gasteiger partial charge in [0.15, 0.2) is 0 Å². The number of rotatable bonds is 17. The van der Waals surface area contributed by atoms with Gasteiger partial charge in [-0.3, -0.25) is 4.90 Å². The monoisotopic (exact) mass is 753 g/mol. The molecule has 8 nitrogen and oxygen atoms in total. The second-order valence-corrected chi connectivity index (χ2v) is 16.5. The fourth-order valence-corrected chi connectivity index (χ4v) is 10.1. The van der Waals surface area contributed by atoms with Crippen LogP contribution in [-0.2, 0) is 20.6 Å². The van der Waals surface area contributed by atoms with Gasteiger partial charge in [-0.25, -0.2) is 9.38 Å². The summed E-state index contributed by atoms with van der Waals surface area (Å²) < 4.78 is 33.8. The molecule has 2 aromatic carbocycles. The average Bonchev–Trinajstić information content (AvgIpc) is 3.88. The summed E-state index contributed by atoms with van der Waals surface area (Å²) in [5.41, 5.74) is 7.70. The number of nitrogens with zero attached hydrogens (tertiary/aromatic N) is 4. The van der Waals surface area contributed by atoms with Crippen LogP contribution in [0.3, 0.4) is 0 Å². The van der Waals surface area contributed by atoms with E-state index < -0.39 is 0 Å². The average molecular weight is 754 g/mol. The summed E-state index contributed by atoms with van der Waals surface area (Å²) in [5.74, 6) is 1.84. The van der Waals surface area contributed by atoms with E-state index in [4.69, 9.17) is 19.2 Å². The van der Waals surface area contributed by atoms with Crippen molar-refractivity contribution in [3.8, 4) is 0 Å². The van der Waals surface area contributed by atoms with Crippen molar-refractivity contribution in [1.29, 1.82) is 0 Å². The summed E-state index contributed by atoms with van der Waals surface area (Å²) in [6.07, 6.45) is 12.8. The molecule has 55 heavy (non-hydrogen) atoms. The molecule has 0 radical (unpaired) electrons. The highest BCUT2D eigenvalue weighted by Gasteiger charge is 2.49. The number of likely N-dealkylation sites (tertiary alicyclic amines) is 1. The largest absolute Gasteiger partial charge is 0.488 e. The van der Waals surface area contributed by atoms with Gasteiger partial charge in [0.25, 0.3) is 0 Å². The van der Waals surface area contributed by atoms with E-state index in [1.807, 2.05) is 19.1 Å². The Kier molecular flexibility index (Phi) is 13.2. The number of aryl methyl sites for hydroxylation is 1. The number of hydrogen-bond donors (Lipinski definition) is 1. The van der Waals surface area contributed by atoms with Gasteiger partial charge >= 0.3 is 0 Å². The Bertz CT molecular complexity index is 1770. The van der Waals surface area contributed by atoms with E-state index in [0.29, 0.717) is 51.0 Å². The van der Waals surface area contributed by atoms with Gasteiger partial charge in [0.05, 0.1) is 6.61 Å². The number of aliphatic imine (C=N–C) groups is 1. The third kappa shape index (κ3) is 8.92. The second kappa shape index (κ2) is 18.2. The van der Waals surface area contributed by atoms with Crippen molar-refractivity contribution in [2.75, 3.05) is 64.1 Å². The number of benzene rings is 2. The smallest absolute Gasteiger partial charge is 0.147 e. The minimum atomic E-state index is -0.259. The Morgan fingerprint density at radius 3 is 2.73 bits per heavy atom. The summed E-state index contributed by atoms with van der Waals surface area (Å²) >= 11 is 0. The molecule has 7 rings (SSSR count). The van der Waals surface area contributed by atoms with Crippen molar-refractivity contribution in [3.05, 3.63) is 83.6 Å². The summed E-state index contributed by atoms with van der Waals surface area (Å²) in [5, 5.41) is 5.97. The molecular weight excluding hydrogens is 690 g/mol. The fraction of sp³-hybridized carbons (Fsp3) is 0.609. The molecule has 1 N–H and O–H groups in total. The van der Waals surface area contributed by atoms with Crippen LogP contribution >= 0.6 is 0 Å². The van der Waals surface area contributed by atoms with Gasteiger partial charge in [-0.2, -0.15) is 0 Å². The van der Waals surface area contributed by atoms with Crippen molar-refractivity contribution in [3.63, 3.8) is 0 Å². The first-order chi connectivity index (χ1) is 26.8. The quantitative estimate of drug-likeness (QED) is 0.0436. The maximum atomic E-state index is 15.0. The Balaban J connectivity index is 1.03. The number of nitrogens with one attached hydrogen (secondary N) is 1. The fourth-order valence-electron chi connectivity index (χ4n) is 10.1. The topological polar surface area (TPSA) is 61.8 Å². The summed E-state index contributed by atoms with van der Waals surface area (Å²) in [6, 6.07) is 11.3. The molecule has 9 heteroatoms. The molecule has 298 valence electrons. The lowest BCUT2D eigenvalue weighted by Gasteiger charge is -2.40. The Morgan fingerprint density at radius 2 is 1.96 bits per heavy atom. The minimum absolute atomic E-state index is 0.0406. The lowest BCUT2D eigenvalue weighted by atomic mass is 9.95. The van der Waals surface area contributed by atoms with E-state index in [2.05, 4.69) is 71.0 Å². The molecule has 4 fully saturated rings. The van der Waals surface area contributed by atoms with Gasteiger partial charge in [0.2, 0.25) is 0 Å².